The summed E-state index contributed by atoms with van der Waals surface area (Å²) in [6.07, 6.45) is 2.36. The number of hydrogen-bond donors (Lipinski definition) is 6. The van der Waals surface area contributed by atoms with Gasteiger partial charge in [-0.1, -0.05) is 53.2 Å². The number of carboxylic acid groups (broad SMARTS) is 1. The number of rotatable bonds is 4. The molecule has 14 atom stereocenters. The molecule has 1 saturated heterocycles. The van der Waals surface area contributed by atoms with Crippen LogP contribution in [-0.2, 0) is 14.3 Å². The largest absolute Gasteiger partial charge is 0.481 e. The van der Waals surface area contributed by atoms with Crippen LogP contribution in [0.3, 0.4) is 0 Å². The van der Waals surface area contributed by atoms with E-state index in [9.17, 15) is 35.4 Å². The fourth-order valence-corrected chi connectivity index (χ4v) is 12.0. The first-order chi connectivity index (χ1) is 20.4. The molecule has 6 aliphatic rings. The van der Waals surface area contributed by atoms with Gasteiger partial charge in [0.25, 0.3) is 0 Å². The van der Waals surface area contributed by atoms with Crippen LogP contribution in [0.5, 0.6) is 0 Å². The van der Waals surface area contributed by atoms with Crippen LogP contribution in [0.2, 0.25) is 0 Å². The third-order valence-electron chi connectivity index (χ3n) is 14.8. The van der Waals surface area contributed by atoms with Crippen molar-refractivity contribution in [2.24, 2.45) is 50.2 Å². The number of hydrogen-bond acceptors (Lipinski definition) is 8. The van der Waals surface area contributed by atoms with Gasteiger partial charge in [0.15, 0.2) is 6.29 Å². The third-order valence-corrected chi connectivity index (χ3v) is 14.8. The van der Waals surface area contributed by atoms with Gasteiger partial charge in [0.1, 0.15) is 18.3 Å². The molecular formula is C35H56O9. The molecule has 250 valence electrons. The van der Waals surface area contributed by atoms with E-state index in [4.69, 9.17) is 9.47 Å². The fourth-order valence-electron chi connectivity index (χ4n) is 12.0. The Kier molecular flexibility index (Phi) is 7.81. The van der Waals surface area contributed by atoms with Gasteiger partial charge < -0.3 is 40.1 Å². The Morgan fingerprint density at radius 3 is 2.25 bits per heavy atom. The monoisotopic (exact) mass is 620 g/mol. The van der Waals surface area contributed by atoms with E-state index in [1.165, 1.54) is 5.57 Å². The number of aliphatic hydroxyl groups excluding tert-OH is 5. The van der Waals surface area contributed by atoms with E-state index >= 15 is 0 Å². The third kappa shape index (κ3) is 4.32. The van der Waals surface area contributed by atoms with Crippen molar-refractivity contribution in [2.45, 2.75) is 136 Å². The second kappa shape index (κ2) is 10.5. The minimum Gasteiger partial charge on any atom is -0.481 e. The van der Waals surface area contributed by atoms with Crippen LogP contribution in [0.25, 0.3) is 0 Å². The Bertz CT molecular complexity index is 1190. The van der Waals surface area contributed by atoms with Crippen molar-refractivity contribution < 1.29 is 44.9 Å². The topological polar surface area (TPSA) is 157 Å². The molecule has 6 N–H and O–H groups in total. The summed E-state index contributed by atoms with van der Waals surface area (Å²) in [6.45, 7) is 13.2. The first kappa shape index (κ1) is 32.9. The summed E-state index contributed by atoms with van der Waals surface area (Å²) >= 11 is 0. The van der Waals surface area contributed by atoms with Crippen molar-refractivity contribution in [1.82, 2.24) is 0 Å². The molecule has 0 spiro atoms. The SMILES string of the molecule is CC1(C)CC[C@]2(C(=O)O)CC[C@]3(C)C(=CC[C@@H]4[C@@]5(C)C[C@@H](O)[C@H](O[C@@H]6OC[C@H](O)[C@H](O)[C@H]6O)[C@@](C)(CO)[C@@H]5CC[C@]43C)[C@@H]2C1. The van der Waals surface area contributed by atoms with Crippen LogP contribution in [0.1, 0.15) is 99.3 Å². The average Bonchev–Trinajstić information content (AvgIpc) is 2.94. The van der Waals surface area contributed by atoms with Crippen molar-refractivity contribution in [3.63, 3.8) is 0 Å². The molecule has 0 aromatic carbocycles. The molecule has 0 unspecified atom stereocenters. The minimum atomic E-state index is -1.48. The van der Waals surface area contributed by atoms with Crippen molar-refractivity contribution in [3.05, 3.63) is 11.6 Å². The number of carbonyl (C=O) groups is 1. The first-order valence-corrected chi connectivity index (χ1v) is 16.9. The summed E-state index contributed by atoms with van der Waals surface area (Å²) in [4.78, 5) is 12.9. The smallest absolute Gasteiger partial charge is 0.310 e. The van der Waals surface area contributed by atoms with Gasteiger partial charge in [-0.15, -0.1) is 0 Å². The van der Waals surface area contributed by atoms with Crippen molar-refractivity contribution in [3.8, 4) is 0 Å². The molecule has 1 heterocycles. The Balaban J connectivity index is 1.35. The van der Waals surface area contributed by atoms with Gasteiger partial charge in [-0.05, 0) is 97.2 Å². The van der Waals surface area contributed by atoms with Crippen molar-refractivity contribution >= 4 is 5.97 Å². The highest BCUT2D eigenvalue weighted by molar-refractivity contribution is 5.76. The lowest BCUT2D eigenvalue weighted by atomic mass is 9.33. The summed E-state index contributed by atoms with van der Waals surface area (Å²) < 4.78 is 11.8. The summed E-state index contributed by atoms with van der Waals surface area (Å²) in [5, 5.41) is 64.1. The van der Waals surface area contributed by atoms with Crippen molar-refractivity contribution in [2.75, 3.05) is 13.2 Å². The average molecular weight is 621 g/mol. The number of fused-ring (bicyclic) bond motifs is 7. The lowest BCUT2D eigenvalue weighted by Crippen LogP contribution is -2.69. The Morgan fingerprint density at radius 2 is 1.59 bits per heavy atom. The van der Waals surface area contributed by atoms with Crippen LogP contribution in [0, 0.1) is 50.2 Å². The highest BCUT2D eigenvalue weighted by atomic mass is 16.7. The maximum Gasteiger partial charge on any atom is 0.310 e. The Morgan fingerprint density at radius 1 is 0.909 bits per heavy atom. The summed E-state index contributed by atoms with van der Waals surface area (Å²) in [5.74, 6) is -0.389. The number of ether oxygens (including phenoxy) is 2. The number of allylic oxidation sites excluding steroid dienone is 2. The minimum absolute atomic E-state index is 0.0107. The summed E-state index contributed by atoms with van der Waals surface area (Å²) in [5.41, 5.74) is -0.690. The number of aliphatic hydroxyl groups is 5. The van der Waals surface area contributed by atoms with E-state index in [0.717, 1.165) is 44.9 Å². The normalized spacial score (nSPS) is 55.1. The van der Waals surface area contributed by atoms with Gasteiger partial charge in [-0.2, -0.15) is 0 Å². The summed E-state index contributed by atoms with van der Waals surface area (Å²) in [7, 11) is 0. The van der Waals surface area contributed by atoms with Gasteiger partial charge in [-0.3, -0.25) is 4.79 Å². The van der Waals surface area contributed by atoms with Crippen LogP contribution < -0.4 is 0 Å². The standard InChI is InChI=1S/C35H56O9/c1-30(2)11-13-35(29(41)42)14-12-33(5)19(20(35)15-30)7-8-24-31(3)16-21(37)27(44-28-26(40)25(39)22(38)17-43-28)32(4,18-36)23(31)9-10-34(24,33)6/h7,20-28,36-40H,8-18H2,1-6H3,(H,41,42)/t20-,21+,22-,23+,24+,25-,26+,27-,28-,31-,32-,33+,34+,35-/m0/s1. The Labute approximate surface area is 262 Å². The molecule has 0 aromatic rings. The molecule has 44 heavy (non-hydrogen) atoms. The van der Waals surface area contributed by atoms with Crippen LogP contribution in [0.15, 0.2) is 11.6 Å². The second-order valence-electron chi connectivity index (χ2n) is 17.4. The van der Waals surface area contributed by atoms with E-state index in [1.54, 1.807) is 0 Å². The molecule has 6 rings (SSSR count). The predicted octanol–water partition coefficient (Wildman–Crippen LogP) is 3.64. The van der Waals surface area contributed by atoms with Gasteiger partial charge in [0, 0.05) is 5.41 Å². The van der Waals surface area contributed by atoms with Gasteiger partial charge in [-0.25, -0.2) is 0 Å². The first-order valence-electron chi connectivity index (χ1n) is 16.9. The van der Waals surface area contributed by atoms with E-state index < -0.39 is 53.6 Å². The number of carboxylic acids is 1. The highest BCUT2D eigenvalue weighted by Gasteiger charge is 2.71. The zero-order chi connectivity index (χ0) is 32.3. The van der Waals surface area contributed by atoms with E-state index in [1.807, 2.05) is 6.92 Å². The molecule has 1 aliphatic heterocycles. The van der Waals surface area contributed by atoms with Crippen molar-refractivity contribution in [1.29, 1.82) is 0 Å². The van der Waals surface area contributed by atoms with Crippen LogP contribution >= 0.6 is 0 Å². The second-order valence-corrected chi connectivity index (χ2v) is 17.4. The van der Waals surface area contributed by atoms with Gasteiger partial charge >= 0.3 is 5.97 Å². The van der Waals surface area contributed by atoms with E-state index in [2.05, 4.69) is 40.7 Å². The summed E-state index contributed by atoms with van der Waals surface area (Å²) in [6, 6.07) is 0. The molecule has 0 bridgehead atoms. The molecule has 5 fully saturated rings. The molecule has 4 saturated carbocycles. The zero-order valence-corrected chi connectivity index (χ0v) is 27.5. The van der Waals surface area contributed by atoms with Gasteiger partial charge in [0.2, 0.25) is 0 Å². The molecule has 5 aliphatic carbocycles. The van der Waals surface area contributed by atoms with Crippen LogP contribution in [0.4, 0.5) is 0 Å². The molecule has 0 amide bonds. The lowest BCUT2D eigenvalue weighted by molar-refractivity contribution is -0.328. The quantitative estimate of drug-likeness (QED) is 0.204. The predicted molar refractivity (Wildman–Crippen MR) is 162 cm³/mol. The van der Waals surface area contributed by atoms with E-state index in [-0.39, 0.29) is 52.6 Å². The lowest BCUT2D eigenvalue weighted by Gasteiger charge is -2.71. The zero-order valence-electron chi connectivity index (χ0n) is 27.5. The molecule has 0 radical (unpaired) electrons. The van der Waals surface area contributed by atoms with Crippen LogP contribution in [-0.4, -0.2) is 86.6 Å². The Hall–Kier alpha value is -1.07. The molecule has 9 nitrogen and oxygen atoms in total. The molecular weight excluding hydrogens is 564 g/mol. The van der Waals surface area contributed by atoms with Gasteiger partial charge in [0.05, 0.1) is 30.8 Å². The maximum absolute atomic E-state index is 12.9. The molecule has 0 aromatic heterocycles. The fraction of sp³-hybridized carbons (Fsp3) is 0.914. The highest BCUT2D eigenvalue weighted by Crippen LogP contribution is 2.76. The molecule has 9 heteroatoms. The maximum atomic E-state index is 12.9. The van der Waals surface area contributed by atoms with E-state index in [0.29, 0.717) is 12.8 Å². The number of aliphatic carboxylic acids is 1.